The van der Waals surface area contributed by atoms with Gasteiger partial charge in [0.1, 0.15) is 5.82 Å². The molecule has 0 unspecified atom stereocenters. The quantitative estimate of drug-likeness (QED) is 0.878. The summed E-state index contributed by atoms with van der Waals surface area (Å²) in [4.78, 5) is 26.8. The smallest absolute Gasteiger partial charge is 0.229 e. The molecule has 1 N–H and O–H groups in total. The third-order valence-electron chi connectivity index (χ3n) is 6.72. The van der Waals surface area contributed by atoms with Crippen molar-refractivity contribution in [2.24, 2.45) is 5.41 Å². The lowest BCUT2D eigenvalue weighted by atomic mass is 9.77. The molecule has 2 aliphatic heterocycles. The van der Waals surface area contributed by atoms with Crippen LogP contribution in [0.25, 0.3) is 0 Å². The van der Waals surface area contributed by atoms with Crippen molar-refractivity contribution >= 4 is 11.7 Å². The molecule has 4 rings (SSSR count). The van der Waals surface area contributed by atoms with E-state index in [1.54, 1.807) is 0 Å². The van der Waals surface area contributed by atoms with E-state index in [0.717, 1.165) is 81.8 Å². The number of rotatable bonds is 2. The molecule has 142 valence electrons. The predicted octanol–water partition coefficient (Wildman–Crippen LogP) is 2.22. The summed E-state index contributed by atoms with van der Waals surface area (Å²) in [6, 6.07) is 0.341. The second-order valence-electron chi connectivity index (χ2n) is 8.40. The third kappa shape index (κ3) is 3.08. The van der Waals surface area contributed by atoms with E-state index in [1.165, 1.54) is 0 Å². The zero-order valence-corrected chi connectivity index (χ0v) is 15.9. The van der Waals surface area contributed by atoms with Gasteiger partial charge >= 0.3 is 0 Å². The molecule has 3 fully saturated rings. The molecule has 2 saturated heterocycles. The van der Waals surface area contributed by atoms with Crippen LogP contribution in [0.15, 0.2) is 6.20 Å². The van der Waals surface area contributed by atoms with Gasteiger partial charge in [0.15, 0.2) is 0 Å². The van der Waals surface area contributed by atoms with Crippen LogP contribution in [0, 0.1) is 19.3 Å². The minimum absolute atomic E-state index is 0.167. The average molecular weight is 358 g/mol. The van der Waals surface area contributed by atoms with Gasteiger partial charge in [0, 0.05) is 31.9 Å². The van der Waals surface area contributed by atoms with E-state index < -0.39 is 0 Å². The first-order valence-electron chi connectivity index (χ1n) is 10.0. The van der Waals surface area contributed by atoms with Crippen LogP contribution < -0.4 is 4.90 Å². The molecule has 1 aromatic rings. The molecule has 26 heavy (non-hydrogen) atoms. The predicted molar refractivity (Wildman–Crippen MR) is 100.0 cm³/mol. The standard InChI is InChI=1S/C20H30N4O2/c1-14-13-21-15(2)18(22-14)23-10-7-20(8-11-23)9-12-24(19(20)26)16-3-5-17(25)6-4-16/h13,16-17,25H,3-12H2,1-2H3. The van der Waals surface area contributed by atoms with Gasteiger partial charge in [-0.15, -0.1) is 0 Å². The number of aliphatic hydroxyl groups excluding tert-OH is 1. The summed E-state index contributed by atoms with van der Waals surface area (Å²) in [6.45, 7) is 6.62. The van der Waals surface area contributed by atoms with Crippen LogP contribution in [0.5, 0.6) is 0 Å². The van der Waals surface area contributed by atoms with Gasteiger partial charge in [0.25, 0.3) is 0 Å². The molecule has 0 aromatic carbocycles. The topological polar surface area (TPSA) is 69.6 Å². The minimum Gasteiger partial charge on any atom is -0.393 e. The summed E-state index contributed by atoms with van der Waals surface area (Å²) < 4.78 is 0. The SMILES string of the molecule is Cc1cnc(C)c(N2CCC3(CC2)CCN(C2CCC(O)CC2)C3=O)n1. The van der Waals surface area contributed by atoms with Crippen LogP contribution >= 0.6 is 0 Å². The fourth-order valence-electron chi connectivity index (χ4n) is 5.00. The molecule has 0 radical (unpaired) electrons. The van der Waals surface area contributed by atoms with Gasteiger partial charge in [-0.05, 0) is 58.8 Å². The number of likely N-dealkylation sites (tertiary alicyclic amines) is 1. The van der Waals surface area contributed by atoms with Crippen molar-refractivity contribution < 1.29 is 9.90 Å². The lowest BCUT2D eigenvalue weighted by Crippen LogP contribution is -2.47. The molecule has 6 heteroatoms. The minimum atomic E-state index is -0.169. The van der Waals surface area contributed by atoms with Crippen molar-refractivity contribution in [2.75, 3.05) is 24.5 Å². The van der Waals surface area contributed by atoms with Gasteiger partial charge in [-0.3, -0.25) is 9.78 Å². The highest BCUT2D eigenvalue weighted by Crippen LogP contribution is 2.44. The van der Waals surface area contributed by atoms with E-state index >= 15 is 0 Å². The van der Waals surface area contributed by atoms with Crippen LogP contribution in [-0.4, -0.2) is 57.7 Å². The molecule has 1 spiro atoms. The van der Waals surface area contributed by atoms with E-state index in [2.05, 4.69) is 19.8 Å². The van der Waals surface area contributed by atoms with Gasteiger partial charge < -0.3 is 14.9 Å². The van der Waals surface area contributed by atoms with Crippen molar-refractivity contribution in [3.05, 3.63) is 17.6 Å². The summed E-state index contributed by atoms with van der Waals surface area (Å²) in [5, 5.41) is 9.74. The Kier molecular flexibility index (Phi) is 4.63. The molecular weight excluding hydrogens is 328 g/mol. The Morgan fingerprint density at radius 3 is 2.42 bits per heavy atom. The molecule has 1 amide bonds. The lowest BCUT2D eigenvalue weighted by Gasteiger charge is -2.40. The summed E-state index contributed by atoms with van der Waals surface area (Å²) in [6.07, 6.45) is 8.02. The number of carbonyl (C=O) groups excluding carboxylic acids is 1. The number of aliphatic hydroxyl groups is 1. The number of amides is 1. The Balaban J connectivity index is 1.42. The second kappa shape index (κ2) is 6.80. The molecule has 1 aromatic heterocycles. The number of aryl methyl sites for hydroxylation is 2. The van der Waals surface area contributed by atoms with E-state index in [1.807, 2.05) is 20.0 Å². The van der Waals surface area contributed by atoms with Crippen molar-refractivity contribution in [3.63, 3.8) is 0 Å². The van der Waals surface area contributed by atoms with Crippen LogP contribution in [0.3, 0.4) is 0 Å². The highest BCUT2D eigenvalue weighted by atomic mass is 16.3. The van der Waals surface area contributed by atoms with Gasteiger partial charge in [-0.2, -0.15) is 0 Å². The van der Waals surface area contributed by atoms with Crippen molar-refractivity contribution in [3.8, 4) is 0 Å². The van der Waals surface area contributed by atoms with Gasteiger partial charge in [-0.25, -0.2) is 4.98 Å². The maximum atomic E-state index is 13.2. The zero-order valence-electron chi connectivity index (χ0n) is 15.9. The fourth-order valence-corrected chi connectivity index (χ4v) is 5.00. The van der Waals surface area contributed by atoms with Gasteiger partial charge in [0.2, 0.25) is 5.91 Å². The summed E-state index contributed by atoms with van der Waals surface area (Å²) >= 11 is 0. The van der Waals surface area contributed by atoms with E-state index in [-0.39, 0.29) is 11.5 Å². The normalized spacial score (nSPS) is 28.8. The monoisotopic (exact) mass is 358 g/mol. The van der Waals surface area contributed by atoms with Gasteiger partial charge in [0.05, 0.1) is 22.9 Å². The number of nitrogens with zero attached hydrogens (tertiary/aromatic N) is 4. The maximum absolute atomic E-state index is 13.2. The Bertz CT molecular complexity index is 676. The van der Waals surface area contributed by atoms with Crippen molar-refractivity contribution in [1.29, 1.82) is 0 Å². The van der Waals surface area contributed by atoms with E-state index in [4.69, 9.17) is 0 Å². The van der Waals surface area contributed by atoms with E-state index in [0.29, 0.717) is 11.9 Å². The first-order chi connectivity index (χ1) is 12.5. The first kappa shape index (κ1) is 17.7. The highest BCUT2D eigenvalue weighted by molar-refractivity contribution is 5.85. The highest BCUT2D eigenvalue weighted by Gasteiger charge is 2.50. The molecule has 6 nitrogen and oxygen atoms in total. The molecule has 1 aliphatic carbocycles. The van der Waals surface area contributed by atoms with Crippen LogP contribution in [0.4, 0.5) is 5.82 Å². The van der Waals surface area contributed by atoms with Crippen LogP contribution in [0.1, 0.15) is 56.3 Å². The number of piperidine rings is 1. The van der Waals surface area contributed by atoms with Crippen LogP contribution in [0.2, 0.25) is 0 Å². The Hall–Kier alpha value is -1.69. The Labute approximate surface area is 155 Å². The fraction of sp³-hybridized carbons (Fsp3) is 0.750. The van der Waals surface area contributed by atoms with Crippen LogP contribution in [-0.2, 0) is 4.79 Å². The molecule has 3 heterocycles. The molecule has 1 saturated carbocycles. The van der Waals surface area contributed by atoms with E-state index in [9.17, 15) is 9.90 Å². The number of hydrogen-bond donors (Lipinski definition) is 1. The Morgan fingerprint density at radius 1 is 1.08 bits per heavy atom. The largest absolute Gasteiger partial charge is 0.393 e. The zero-order chi connectivity index (χ0) is 18.3. The van der Waals surface area contributed by atoms with Crippen molar-refractivity contribution in [2.45, 2.75) is 70.9 Å². The third-order valence-corrected chi connectivity index (χ3v) is 6.72. The lowest BCUT2D eigenvalue weighted by molar-refractivity contribution is -0.139. The molecule has 3 aliphatic rings. The molecule has 0 atom stereocenters. The number of carbonyl (C=O) groups is 1. The molecule has 0 bridgehead atoms. The second-order valence-corrected chi connectivity index (χ2v) is 8.40. The molecular formula is C20H30N4O2. The Morgan fingerprint density at radius 2 is 1.73 bits per heavy atom. The van der Waals surface area contributed by atoms with Gasteiger partial charge in [-0.1, -0.05) is 0 Å². The maximum Gasteiger partial charge on any atom is 0.229 e. The van der Waals surface area contributed by atoms with Crippen molar-refractivity contribution in [1.82, 2.24) is 14.9 Å². The number of hydrogen-bond acceptors (Lipinski definition) is 5. The number of aromatic nitrogens is 2. The summed E-state index contributed by atoms with van der Waals surface area (Å²) in [5.41, 5.74) is 1.73. The first-order valence-corrected chi connectivity index (χ1v) is 10.0. The number of anilines is 1. The average Bonchev–Trinajstić information content (AvgIpc) is 2.95. The summed E-state index contributed by atoms with van der Waals surface area (Å²) in [7, 11) is 0. The summed E-state index contributed by atoms with van der Waals surface area (Å²) in [5.74, 6) is 1.34.